The highest BCUT2D eigenvalue weighted by atomic mass is 16.5. The van der Waals surface area contributed by atoms with Gasteiger partial charge in [-0.15, -0.1) is 0 Å². The molecule has 1 aromatic rings. The van der Waals surface area contributed by atoms with Gasteiger partial charge in [0, 0.05) is 13.1 Å². The Morgan fingerprint density at radius 2 is 1.57 bits per heavy atom. The molecule has 0 aliphatic rings. The number of rotatable bonds is 10. The molecule has 0 radical (unpaired) electrons. The maximum atomic E-state index is 11.6. The molecular formula is C16H25N3O4. The van der Waals surface area contributed by atoms with E-state index in [-0.39, 0.29) is 18.2 Å². The summed E-state index contributed by atoms with van der Waals surface area (Å²) >= 11 is 0. The SMILES string of the molecule is COc1ccc(OCCNC(=O)CC(=O)NCCN(C)C)cc1. The number of benzene rings is 1. The van der Waals surface area contributed by atoms with Gasteiger partial charge in [-0.2, -0.15) is 0 Å². The van der Waals surface area contributed by atoms with Crippen LogP contribution in [0.4, 0.5) is 0 Å². The van der Waals surface area contributed by atoms with E-state index in [9.17, 15) is 9.59 Å². The number of likely N-dealkylation sites (N-methyl/N-ethyl adjacent to an activating group) is 1. The average molecular weight is 323 g/mol. The monoisotopic (exact) mass is 323 g/mol. The first-order valence-electron chi connectivity index (χ1n) is 7.46. The molecule has 7 heteroatoms. The molecule has 1 aromatic carbocycles. The van der Waals surface area contributed by atoms with Gasteiger partial charge >= 0.3 is 0 Å². The second-order valence-electron chi connectivity index (χ2n) is 5.20. The number of hydrogen-bond acceptors (Lipinski definition) is 5. The molecule has 0 unspecified atom stereocenters. The van der Waals surface area contributed by atoms with Gasteiger partial charge in [0.25, 0.3) is 0 Å². The lowest BCUT2D eigenvalue weighted by Gasteiger charge is -2.11. The van der Waals surface area contributed by atoms with Crippen molar-refractivity contribution in [3.8, 4) is 11.5 Å². The largest absolute Gasteiger partial charge is 0.497 e. The van der Waals surface area contributed by atoms with E-state index in [0.29, 0.717) is 25.4 Å². The molecule has 0 fully saturated rings. The van der Waals surface area contributed by atoms with E-state index in [1.165, 1.54) is 0 Å². The summed E-state index contributed by atoms with van der Waals surface area (Å²) in [5.41, 5.74) is 0. The highest BCUT2D eigenvalue weighted by Crippen LogP contribution is 2.16. The number of nitrogens with zero attached hydrogens (tertiary/aromatic N) is 1. The van der Waals surface area contributed by atoms with Crippen molar-refractivity contribution in [2.45, 2.75) is 6.42 Å². The third-order valence-electron chi connectivity index (χ3n) is 2.95. The van der Waals surface area contributed by atoms with E-state index in [0.717, 1.165) is 12.3 Å². The summed E-state index contributed by atoms with van der Waals surface area (Å²) in [7, 11) is 5.44. The zero-order valence-electron chi connectivity index (χ0n) is 13.9. The fraction of sp³-hybridized carbons (Fsp3) is 0.500. The highest BCUT2D eigenvalue weighted by Gasteiger charge is 2.08. The van der Waals surface area contributed by atoms with Gasteiger partial charge in [-0.05, 0) is 38.4 Å². The van der Waals surface area contributed by atoms with E-state index in [1.54, 1.807) is 31.4 Å². The van der Waals surface area contributed by atoms with Crippen LogP contribution in [-0.4, -0.2) is 64.2 Å². The van der Waals surface area contributed by atoms with Crippen molar-refractivity contribution in [3.05, 3.63) is 24.3 Å². The van der Waals surface area contributed by atoms with Gasteiger partial charge in [0.15, 0.2) is 0 Å². The molecule has 0 saturated carbocycles. The second kappa shape index (κ2) is 10.4. The van der Waals surface area contributed by atoms with Crippen molar-refractivity contribution in [2.24, 2.45) is 0 Å². The first-order chi connectivity index (χ1) is 11.0. The quantitative estimate of drug-likeness (QED) is 0.477. The summed E-state index contributed by atoms with van der Waals surface area (Å²) in [5, 5.41) is 5.33. The standard InChI is InChI=1S/C16H25N3O4/c1-19(2)10-8-17-15(20)12-16(21)18-9-11-23-14-6-4-13(22-3)5-7-14/h4-7H,8-12H2,1-3H3,(H,17,20)(H,18,21). The molecule has 128 valence electrons. The van der Waals surface area contributed by atoms with E-state index in [2.05, 4.69) is 10.6 Å². The fourth-order valence-corrected chi connectivity index (χ4v) is 1.72. The first-order valence-corrected chi connectivity index (χ1v) is 7.46. The Kier molecular flexibility index (Phi) is 8.52. The Bertz CT molecular complexity index is 489. The molecule has 0 aromatic heterocycles. The molecule has 0 atom stereocenters. The van der Waals surface area contributed by atoms with Crippen molar-refractivity contribution in [1.29, 1.82) is 0 Å². The summed E-state index contributed by atoms with van der Waals surface area (Å²) < 4.78 is 10.5. The number of methoxy groups -OCH3 is 1. The minimum absolute atomic E-state index is 0.171. The zero-order valence-corrected chi connectivity index (χ0v) is 13.9. The summed E-state index contributed by atoms with van der Waals surface area (Å²) in [6, 6.07) is 7.18. The summed E-state index contributed by atoms with van der Waals surface area (Å²) in [4.78, 5) is 25.1. The maximum absolute atomic E-state index is 11.6. The second-order valence-corrected chi connectivity index (χ2v) is 5.20. The highest BCUT2D eigenvalue weighted by molar-refractivity contribution is 5.96. The van der Waals surface area contributed by atoms with Crippen LogP contribution in [0.5, 0.6) is 11.5 Å². The minimum atomic E-state index is -0.314. The van der Waals surface area contributed by atoms with Crippen LogP contribution in [-0.2, 0) is 9.59 Å². The Morgan fingerprint density at radius 1 is 1.00 bits per heavy atom. The number of carbonyl (C=O) groups is 2. The van der Waals surface area contributed by atoms with Crippen LogP contribution in [0.15, 0.2) is 24.3 Å². The number of amides is 2. The normalized spacial score (nSPS) is 10.3. The van der Waals surface area contributed by atoms with Crippen molar-refractivity contribution in [2.75, 3.05) is 47.4 Å². The molecule has 2 amide bonds. The van der Waals surface area contributed by atoms with Crippen molar-refractivity contribution >= 4 is 11.8 Å². The third-order valence-corrected chi connectivity index (χ3v) is 2.95. The number of nitrogens with one attached hydrogen (secondary N) is 2. The lowest BCUT2D eigenvalue weighted by Crippen LogP contribution is -2.36. The molecule has 0 spiro atoms. The third kappa shape index (κ3) is 8.67. The lowest BCUT2D eigenvalue weighted by atomic mass is 10.3. The van der Waals surface area contributed by atoms with Gasteiger partial charge in [-0.25, -0.2) is 0 Å². The van der Waals surface area contributed by atoms with Gasteiger partial charge in [0.1, 0.15) is 24.5 Å². The average Bonchev–Trinajstić information content (AvgIpc) is 2.51. The Morgan fingerprint density at radius 3 is 2.13 bits per heavy atom. The van der Waals surface area contributed by atoms with Gasteiger partial charge in [-0.1, -0.05) is 0 Å². The predicted octanol–water partition coefficient (Wildman–Crippen LogP) is 0.258. The van der Waals surface area contributed by atoms with Crippen LogP contribution < -0.4 is 20.1 Å². The van der Waals surface area contributed by atoms with E-state index in [4.69, 9.17) is 9.47 Å². The maximum Gasteiger partial charge on any atom is 0.229 e. The lowest BCUT2D eigenvalue weighted by molar-refractivity contribution is -0.129. The van der Waals surface area contributed by atoms with E-state index in [1.807, 2.05) is 19.0 Å². The van der Waals surface area contributed by atoms with Crippen molar-refractivity contribution < 1.29 is 19.1 Å². The van der Waals surface area contributed by atoms with Crippen molar-refractivity contribution in [1.82, 2.24) is 15.5 Å². The molecule has 0 heterocycles. The van der Waals surface area contributed by atoms with Crippen LogP contribution >= 0.6 is 0 Å². The van der Waals surface area contributed by atoms with Crippen LogP contribution in [0, 0.1) is 0 Å². The van der Waals surface area contributed by atoms with E-state index < -0.39 is 0 Å². The zero-order chi connectivity index (χ0) is 17.1. The van der Waals surface area contributed by atoms with Gasteiger partial charge < -0.3 is 25.0 Å². The first kappa shape index (κ1) is 18.8. The van der Waals surface area contributed by atoms with Gasteiger partial charge in [0.05, 0.1) is 13.7 Å². The number of carbonyl (C=O) groups excluding carboxylic acids is 2. The topological polar surface area (TPSA) is 79.9 Å². The smallest absolute Gasteiger partial charge is 0.229 e. The Hall–Kier alpha value is -2.28. The predicted molar refractivity (Wildman–Crippen MR) is 87.7 cm³/mol. The van der Waals surface area contributed by atoms with E-state index >= 15 is 0 Å². The van der Waals surface area contributed by atoms with Gasteiger partial charge in [0.2, 0.25) is 11.8 Å². The summed E-state index contributed by atoms with van der Waals surface area (Å²) in [6.07, 6.45) is -0.171. The molecule has 0 aliphatic heterocycles. The van der Waals surface area contributed by atoms with Crippen LogP contribution in [0.3, 0.4) is 0 Å². The number of ether oxygens (including phenoxy) is 2. The fourth-order valence-electron chi connectivity index (χ4n) is 1.72. The molecule has 0 saturated heterocycles. The van der Waals surface area contributed by atoms with Crippen molar-refractivity contribution in [3.63, 3.8) is 0 Å². The summed E-state index contributed by atoms with van der Waals surface area (Å²) in [5.74, 6) is 0.860. The Balaban J connectivity index is 2.12. The molecule has 2 N–H and O–H groups in total. The molecule has 23 heavy (non-hydrogen) atoms. The molecule has 7 nitrogen and oxygen atoms in total. The van der Waals surface area contributed by atoms with Crippen LogP contribution in [0.25, 0.3) is 0 Å². The van der Waals surface area contributed by atoms with Gasteiger partial charge in [-0.3, -0.25) is 9.59 Å². The minimum Gasteiger partial charge on any atom is -0.497 e. The number of hydrogen-bond donors (Lipinski definition) is 2. The molecule has 1 rings (SSSR count). The summed E-state index contributed by atoms with van der Waals surface area (Å²) in [6.45, 7) is 1.94. The Labute approximate surface area is 136 Å². The van der Waals surface area contributed by atoms with Crippen LogP contribution in [0.2, 0.25) is 0 Å². The van der Waals surface area contributed by atoms with Crippen LogP contribution in [0.1, 0.15) is 6.42 Å². The molecular weight excluding hydrogens is 298 g/mol. The molecule has 0 bridgehead atoms. The molecule has 0 aliphatic carbocycles.